The Morgan fingerprint density at radius 1 is 0.763 bits per heavy atom. The lowest BCUT2D eigenvalue weighted by molar-refractivity contribution is 0.0733. The highest BCUT2D eigenvalue weighted by atomic mass is 35.5. The third-order valence-electron chi connectivity index (χ3n) is 5.48. The molecule has 0 radical (unpaired) electrons. The van der Waals surface area contributed by atoms with E-state index in [0.717, 1.165) is 11.1 Å². The molecule has 0 saturated heterocycles. The van der Waals surface area contributed by atoms with Crippen molar-refractivity contribution in [3.8, 4) is 5.75 Å². The summed E-state index contributed by atoms with van der Waals surface area (Å²) in [6.07, 6.45) is 1.35. The molecule has 0 unspecified atom stereocenters. The van der Waals surface area contributed by atoms with E-state index in [4.69, 9.17) is 16.3 Å². The summed E-state index contributed by atoms with van der Waals surface area (Å²) in [5, 5.41) is 7.21. The summed E-state index contributed by atoms with van der Waals surface area (Å²) < 4.78 is 5.53. The van der Waals surface area contributed by atoms with Gasteiger partial charge in [-0.3, -0.25) is 9.59 Å². The first kappa shape index (κ1) is 26.3. The molecule has 2 amide bonds. The van der Waals surface area contributed by atoms with E-state index in [0.29, 0.717) is 33.0 Å². The lowest BCUT2D eigenvalue weighted by Gasteiger charge is -2.09. The summed E-state index contributed by atoms with van der Waals surface area (Å²) in [6, 6.07) is 25.4. The Labute approximate surface area is 225 Å². The molecule has 7 nitrogen and oxygen atoms in total. The van der Waals surface area contributed by atoms with Gasteiger partial charge < -0.3 is 10.1 Å². The molecule has 0 saturated carbocycles. The van der Waals surface area contributed by atoms with Crippen molar-refractivity contribution in [1.29, 1.82) is 0 Å². The summed E-state index contributed by atoms with van der Waals surface area (Å²) in [5.41, 5.74) is 6.62. The van der Waals surface area contributed by atoms with Crippen LogP contribution in [-0.2, 0) is 0 Å². The predicted octanol–water partition coefficient (Wildman–Crippen LogP) is 6.19. The number of carbonyl (C=O) groups excluding carboxylic acids is 3. The fraction of sp³-hybridized carbons (Fsp3) is 0.0667. The second kappa shape index (κ2) is 12.0. The molecular weight excluding hydrogens is 502 g/mol. The quantitative estimate of drug-likeness (QED) is 0.130. The number of hydrogen-bond donors (Lipinski definition) is 2. The average Bonchev–Trinajstić information content (AvgIpc) is 2.90. The van der Waals surface area contributed by atoms with Crippen molar-refractivity contribution in [2.75, 3.05) is 5.32 Å². The van der Waals surface area contributed by atoms with Crippen LogP contribution < -0.4 is 15.5 Å². The van der Waals surface area contributed by atoms with Gasteiger partial charge in [-0.15, -0.1) is 0 Å². The van der Waals surface area contributed by atoms with Gasteiger partial charge in [0.25, 0.3) is 11.8 Å². The minimum absolute atomic E-state index is 0.240. The maximum atomic E-state index is 12.6. The first-order valence-corrected chi connectivity index (χ1v) is 12.1. The van der Waals surface area contributed by atoms with Gasteiger partial charge in [0.05, 0.1) is 11.8 Å². The number of aryl methyl sites for hydroxylation is 2. The first-order chi connectivity index (χ1) is 18.3. The normalized spacial score (nSPS) is 10.7. The molecule has 0 heterocycles. The summed E-state index contributed by atoms with van der Waals surface area (Å²) >= 11 is 6.11. The lowest BCUT2D eigenvalue weighted by Crippen LogP contribution is -2.18. The molecule has 190 valence electrons. The van der Waals surface area contributed by atoms with Crippen molar-refractivity contribution < 1.29 is 19.1 Å². The Balaban J connectivity index is 1.39. The van der Waals surface area contributed by atoms with Gasteiger partial charge in [0.1, 0.15) is 5.75 Å². The highest BCUT2D eigenvalue weighted by Gasteiger charge is 2.12. The van der Waals surface area contributed by atoms with Gasteiger partial charge in [-0.2, -0.15) is 5.10 Å². The molecule has 0 fully saturated rings. The van der Waals surface area contributed by atoms with Gasteiger partial charge in [0, 0.05) is 27.4 Å². The van der Waals surface area contributed by atoms with Crippen LogP contribution in [-0.4, -0.2) is 24.0 Å². The van der Waals surface area contributed by atoms with Crippen LogP contribution in [0.1, 0.15) is 47.8 Å². The molecule has 0 aromatic heterocycles. The summed E-state index contributed by atoms with van der Waals surface area (Å²) in [6.45, 7) is 3.80. The topological polar surface area (TPSA) is 96.9 Å². The van der Waals surface area contributed by atoms with Crippen molar-refractivity contribution >= 4 is 41.3 Å². The first-order valence-electron chi connectivity index (χ1n) is 11.7. The highest BCUT2D eigenvalue weighted by molar-refractivity contribution is 6.31. The Morgan fingerprint density at radius 2 is 1.42 bits per heavy atom. The number of ether oxygens (including phenoxy) is 1. The molecular formula is C30H24ClN3O4. The van der Waals surface area contributed by atoms with Crippen molar-refractivity contribution in [2.24, 2.45) is 5.10 Å². The number of hydrazone groups is 1. The van der Waals surface area contributed by atoms with Gasteiger partial charge in [0.15, 0.2) is 0 Å². The van der Waals surface area contributed by atoms with Crippen LogP contribution in [0.5, 0.6) is 5.75 Å². The average molecular weight is 526 g/mol. The summed E-state index contributed by atoms with van der Waals surface area (Å²) in [7, 11) is 0. The Hall–Kier alpha value is -4.75. The zero-order chi connectivity index (χ0) is 27.1. The van der Waals surface area contributed by atoms with E-state index < -0.39 is 11.9 Å². The number of carbonyl (C=O) groups is 3. The van der Waals surface area contributed by atoms with Crippen molar-refractivity contribution in [3.63, 3.8) is 0 Å². The molecule has 0 spiro atoms. The number of amides is 2. The largest absolute Gasteiger partial charge is 0.422 e. The smallest absolute Gasteiger partial charge is 0.343 e. The molecule has 0 aliphatic carbocycles. The monoisotopic (exact) mass is 525 g/mol. The molecule has 2 N–H and O–H groups in total. The molecule has 0 aliphatic rings. The Bertz CT molecular complexity index is 1530. The van der Waals surface area contributed by atoms with Crippen LogP contribution in [0.2, 0.25) is 5.02 Å². The molecule has 0 bridgehead atoms. The molecule has 4 aromatic rings. The number of esters is 1. The van der Waals surface area contributed by atoms with E-state index in [-0.39, 0.29) is 11.7 Å². The number of hydrogen-bond acceptors (Lipinski definition) is 5. The van der Waals surface area contributed by atoms with Crippen molar-refractivity contribution in [3.05, 3.63) is 129 Å². The van der Waals surface area contributed by atoms with Gasteiger partial charge in [-0.05, 0) is 80.6 Å². The molecule has 4 rings (SSSR count). The van der Waals surface area contributed by atoms with E-state index >= 15 is 0 Å². The Morgan fingerprint density at radius 3 is 2.11 bits per heavy atom. The SMILES string of the molecule is Cc1cccc(C(=O)Nc2ccc(C(=O)N/N=C/c3cc(Cl)ccc3OC(=O)c3cccc(C)c3)cc2)c1. The molecule has 38 heavy (non-hydrogen) atoms. The van der Waals surface area contributed by atoms with Crippen LogP contribution in [0, 0.1) is 13.8 Å². The number of nitrogens with one attached hydrogen (secondary N) is 2. The van der Waals surface area contributed by atoms with Crippen LogP contribution in [0.4, 0.5) is 5.69 Å². The minimum Gasteiger partial charge on any atom is -0.422 e. The van der Waals surface area contributed by atoms with E-state index in [2.05, 4.69) is 15.8 Å². The van der Waals surface area contributed by atoms with Gasteiger partial charge >= 0.3 is 5.97 Å². The number of anilines is 1. The summed E-state index contributed by atoms with van der Waals surface area (Å²) in [4.78, 5) is 37.5. The third-order valence-corrected chi connectivity index (χ3v) is 5.72. The van der Waals surface area contributed by atoms with E-state index in [1.807, 2.05) is 32.0 Å². The third kappa shape index (κ3) is 6.93. The zero-order valence-electron chi connectivity index (χ0n) is 20.7. The van der Waals surface area contributed by atoms with Crippen LogP contribution in [0.3, 0.4) is 0 Å². The highest BCUT2D eigenvalue weighted by Crippen LogP contribution is 2.23. The molecule has 4 aromatic carbocycles. The van der Waals surface area contributed by atoms with E-state index in [1.54, 1.807) is 72.8 Å². The number of nitrogens with zero attached hydrogens (tertiary/aromatic N) is 1. The molecule has 8 heteroatoms. The molecule has 0 aliphatic heterocycles. The van der Waals surface area contributed by atoms with E-state index in [9.17, 15) is 14.4 Å². The second-order valence-electron chi connectivity index (χ2n) is 8.54. The van der Waals surface area contributed by atoms with Gasteiger partial charge in [-0.1, -0.05) is 47.0 Å². The second-order valence-corrected chi connectivity index (χ2v) is 8.98. The number of rotatable bonds is 7. The number of benzene rings is 4. The van der Waals surface area contributed by atoms with Crippen LogP contribution in [0.15, 0.2) is 96.1 Å². The fourth-order valence-corrected chi connectivity index (χ4v) is 3.74. The van der Waals surface area contributed by atoms with Gasteiger partial charge in [-0.25, -0.2) is 10.2 Å². The lowest BCUT2D eigenvalue weighted by atomic mass is 10.1. The molecule has 0 atom stereocenters. The summed E-state index contributed by atoms with van der Waals surface area (Å²) in [5.74, 6) is -0.981. The van der Waals surface area contributed by atoms with Crippen LogP contribution in [0.25, 0.3) is 0 Å². The van der Waals surface area contributed by atoms with Gasteiger partial charge in [0.2, 0.25) is 0 Å². The maximum absolute atomic E-state index is 12.6. The zero-order valence-corrected chi connectivity index (χ0v) is 21.5. The van der Waals surface area contributed by atoms with Crippen LogP contribution >= 0.6 is 11.6 Å². The Kier molecular flexibility index (Phi) is 8.30. The fourth-order valence-electron chi connectivity index (χ4n) is 3.56. The predicted molar refractivity (Wildman–Crippen MR) is 148 cm³/mol. The standard InChI is InChI=1S/C30H24ClN3O4/c1-19-5-3-7-22(15-19)28(35)33-26-12-9-21(10-13-26)29(36)34-32-18-24-17-25(31)11-14-27(24)38-30(37)23-8-4-6-20(2)16-23/h3-18H,1-2H3,(H,33,35)(H,34,36)/b32-18+. The number of halogens is 1. The van der Waals surface area contributed by atoms with E-state index in [1.165, 1.54) is 6.21 Å². The van der Waals surface area contributed by atoms with Crippen molar-refractivity contribution in [2.45, 2.75) is 13.8 Å². The van der Waals surface area contributed by atoms with Crippen molar-refractivity contribution in [1.82, 2.24) is 5.43 Å². The maximum Gasteiger partial charge on any atom is 0.343 e. The minimum atomic E-state index is -0.524.